The summed E-state index contributed by atoms with van der Waals surface area (Å²) in [5.41, 5.74) is 6.95. The summed E-state index contributed by atoms with van der Waals surface area (Å²) >= 11 is 8.54. The molecule has 4 atom stereocenters. The van der Waals surface area contributed by atoms with E-state index in [1.165, 1.54) is 257 Å². The molecular formula is C104H148N4O4S5. The van der Waals surface area contributed by atoms with Crippen LogP contribution in [0, 0.1) is 23.7 Å². The minimum Gasteiger partial charge on any atom is -0.307 e. The Morgan fingerprint density at radius 3 is 0.632 bits per heavy atom. The zero-order valence-electron chi connectivity index (χ0n) is 73.8. The summed E-state index contributed by atoms with van der Waals surface area (Å²) in [5, 5.41) is 8.09. The third-order valence-electron chi connectivity index (χ3n) is 26.1. The lowest BCUT2D eigenvalue weighted by atomic mass is 9.93. The highest BCUT2D eigenvalue weighted by Crippen LogP contribution is 2.45. The Morgan fingerprint density at radius 1 is 0.231 bits per heavy atom. The molecule has 638 valence electrons. The third-order valence-corrected chi connectivity index (χ3v) is 31.6. The van der Waals surface area contributed by atoms with Crippen LogP contribution in [-0.4, -0.2) is 49.8 Å². The number of amides is 4. The normalized spacial score (nSPS) is 15.0. The first-order valence-corrected chi connectivity index (χ1v) is 52.2. The second kappa shape index (κ2) is 49.4. The van der Waals surface area contributed by atoms with Crippen LogP contribution in [0.2, 0.25) is 0 Å². The maximum absolute atomic E-state index is 16.1. The predicted molar refractivity (Wildman–Crippen MR) is 511 cm³/mol. The number of anilines is 4. The average Bonchev–Trinajstić information content (AvgIpc) is 1.57. The number of nitrogens with zero attached hydrogens (tertiary/aromatic N) is 4. The summed E-state index contributed by atoms with van der Waals surface area (Å²) < 4.78 is 0. The summed E-state index contributed by atoms with van der Waals surface area (Å²) in [6, 6.07) is 31.0. The molecule has 0 saturated carbocycles. The van der Waals surface area contributed by atoms with E-state index in [1.807, 2.05) is 0 Å². The molecule has 11 rings (SSSR count). The van der Waals surface area contributed by atoms with E-state index >= 15 is 19.2 Å². The first-order valence-electron chi connectivity index (χ1n) is 48.0. The van der Waals surface area contributed by atoms with Crippen molar-refractivity contribution in [1.82, 2.24) is 0 Å². The molecule has 0 bridgehead atoms. The molecule has 2 aromatic carbocycles. The van der Waals surface area contributed by atoms with Gasteiger partial charge in [-0.15, -0.1) is 56.7 Å². The minimum atomic E-state index is 0.0872. The number of hydrogen-bond donors (Lipinski definition) is 0. The maximum atomic E-state index is 16.1. The Morgan fingerprint density at radius 2 is 0.419 bits per heavy atom. The highest BCUT2D eigenvalue weighted by molar-refractivity contribution is 7.27. The van der Waals surface area contributed by atoms with Gasteiger partial charge in [0.05, 0.1) is 45.0 Å². The standard InChI is InChI=1S/C104H148N4O4S5/c1-9-17-25-33-37-45-55-77(51-41-29-21-13-5)73-105-85-71-83-87(69-81(85)97(101(105)109)93-59-49-67-113-93)107(75-79(53-43-31-23-15-7)57-47-39-35-27-19-11-3)103(111)99(83)95-65-63-91(116-95)89-61-62-90(115-89)92-64-66-96(117-92)100-84-72-86-82(70-88(84)108(104(100)112)76-80(54-44-32-24-16-8)58-48-40-36-28-20-12-4)98(94-60-50-68-114-94)102(110)106(86)74-78(52-42-30-22-14-6)56-46-38-34-26-18-10-2/h49-50,59-72,77-80H,9-48,51-58,73-76H2,1-8H3. The number of unbranched alkanes of at least 4 members (excludes halogenated alkanes) is 32. The molecule has 4 aliphatic rings. The quantitative estimate of drug-likeness (QED) is 0.0356. The van der Waals surface area contributed by atoms with Crippen molar-refractivity contribution in [3.63, 3.8) is 0 Å². The molecule has 9 heterocycles. The van der Waals surface area contributed by atoms with Crippen LogP contribution in [0.4, 0.5) is 22.7 Å². The highest BCUT2D eigenvalue weighted by atomic mass is 32.1. The first kappa shape index (κ1) is 92.0. The van der Waals surface area contributed by atoms with Crippen molar-refractivity contribution in [2.45, 2.75) is 364 Å². The number of carbonyl (C=O) groups is 4. The van der Waals surface area contributed by atoms with Crippen molar-refractivity contribution in [3.8, 4) is 19.5 Å². The molecule has 4 unspecified atom stereocenters. The van der Waals surface area contributed by atoms with Gasteiger partial charge in [0.25, 0.3) is 23.6 Å². The Balaban J connectivity index is 0.966. The van der Waals surface area contributed by atoms with Crippen LogP contribution < -0.4 is 40.5 Å². The van der Waals surface area contributed by atoms with E-state index in [4.69, 9.17) is 0 Å². The average molecular weight is 1680 g/mol. The minimum absolute atomic E-state index is 0.0872. The van der Waals surface area contributed by atoms with E-state index in [0.717, 1.165) is 156 Å². The van der Waals surface area contributed by atoms with Gasteiger partial charge in [0.1, 0.15) is 0 Å². The largest absolute Gasteiger partial charge is 0.307 e. The van der Waals surface area contributed by atoms with Crippen LogP contribution in [0.15, 0.2) is 95.7 Å². The Bertz CT molecular complexity index is 4180. The molecule has 4 amide bonds. The number of fused-ring (bicyclic) bond motifs is 4. The van der Waals surface area contributed by atoms with Gasteiger partial charge in [0, 0.05) is 86.1 Å². The zero-order chi connectivity index (χ0) is 82.1. The summed E-state index contributed by atoms with van der Waals surface area (Å²) in [4.78, 5) is 80.5. The molecule has 0 N–H and O–H groups in total. The first-order chi connectivity index (χ1) is 57.5. The van der Waals surface area contributed by atoms with E-state index < -0.39 is 0 Å². The van der Waals surface area contributed by atoms with Gasteiger partial charge in [-0.25, -0.2) is 0 Å². The fourth-order valence-electron chi connectivity index (χ4n) is 19.3. The molecule has 0 saturated heterocycles. The van der Waals surface area contributed by atoms with Crippen LogP contribution in [-0.2, 0) is 19.2 Å². The van der Waals surface area contributed by atoms with Crippen molar-refractivity contribution in [2.24, 2.45) is 23.7 Å². The van der Waals surface area contributed by atoms with Crippen LogP contribution in [0.1, 0.15) is 383 Å². The fourth-order valence-corrected chi connectivity index (χ4v) is 24.1. The van der Waals surface area contributed by atoms with Gasteiger partial charge in [-0.05, 0) is 159 Å². The molecule has 13 heteroatoms. The topological polar surface area (TPSA) is 81.2 Å². The van der Waals surface area contributed by atoms with Crippen molar-refractivity contribution in [2.75, 3.05) is 45.8 Å². The van der Waals surface area contributed by atoms with Crippen LogP contribution in [0.3, 0.4) is 0 Å². The second-order valence-electron chi connectivity index (χ2n) is 35.5. The van der Waals surface area contributed by atoms with Gasteiger partial charge < -0.3 is 19.6 Å². The van der Waals surface area contributed by atoms with Gasteiger partial charge in [-0.2, -0.15) is 0 Å². The lowest BCUT2D eigenvalue weighted by Gasteiger charge is -2.27. The molecule has 0 aliphatic carbocycles. The maximum Gasteiger partial charge on any atom is 0.260 e. The summed E-state index contributed by atoms with van der Waals surface area (Å²) in [5.74, 6) is 1.92. The fraction of sp³-hybridized carbons (Fsp3) is 0.615. The van der Waals surface area contributed by atoms with Crippen LogP contribution in [0.25, 0.3) is 41.8 Å². The number of rotatable bonds is 62. The van der Waals surface area contributed by atoms with Gasteiger partial charge >= 0.3 is 0 Å². The molecule has 117 heavy (non-hydrogen) atoms. The van der Waals surface area contributed by atoms with Crippen LogP contribution in [0.5, 0.6) is 0 Å². The predicted octanol–water partition coefficient (Wildman–Crippen LogP) is 28.9. The number of benzene rings is 2. The molecule has 8 nitrogen and oxygen atoms in total. The van der Waals surface area contributed by atoms with Gasteiger partial charge in [-0.1, -0.05) is 324 Å². The summed E-state index contributed by atoms with van der Waals surface area (Å²) in [6.07, 6.45) is 58.4. The molecular weight excluding hydrogens is 1530 g/mol. The molecule has 0 radical (unpaired) electrons. The lowest BCUT2D eigenvalue weighted by molar-refractivity contribution is -0.114. The second-order valence-corrected chi connectivity index (χ2v) is 40.6. The van der Waals surface area contributed by atoms with Crippen molar-refractivity contribution in [3.05, 3.63) is 136 Å². The lowest BCUT2D eigenvalue weighted by Crippen LogP contribution is -2.35. The Hall–Kier alpha value is -5.70. The third kappa shape index (κ3) is 25.0. The van der Waals surface area contributed by atoms with Gasteiger partial charge in [0.2, 0.25) is 0 Å². The van der Waals surface area contributed by atoms with Crippen molar-refractivity contribution >= 4 is 125 Å². The molecule has 4 aliphatic heterocycles. The number of carbonyl (C=O) groups excluding carboxylic acids is 4. The van der Waals surface area contributed by atoms with Crippen molar-refractivity contribution in [1.29, 1.82) is 0 Å². The smallest absolute Gasteiger partial charge is 0.260 e. The monoisotopic (exact) mass is 1680 g/mol. The SMILES string of the molecule is CCCCCCCCC(CCCCCC)CN1C(=O)C(c2cccs2)=c2cc3c(cc21)=C(c1ccc(-c2ccc(-c4ccc(C5=c6cc7c(cc6N(CC(CCCCCC)CCCCCCCC)C5=O)=C(c5cccs5)C(=O)N7CC(CCCCCC)CCCCCCCC)s4)s2)s1)C(=O)N3CC(CCCCCC)CCCCCCCC. The van der Waals surface area contributed by atoms with Gasteiger partial charge in [-0.3, -0.25) is 19.2 Å². The zero-order valence-corrected chi connectivity index (χ0v) is 77.9. The molecule has 7 aromatic rings. The number of hydrogen-bond acceptors (Lipinski definition) is 9. The number of thiophene rings is 5. The van der Waals surface area contributed by atoms with E-state index in [2.05, 4.69) is 171 Å². The van der Waals surface area contributed by atoms with Crippen molar-refractivity contribution < 1.29 is 19.2 Å². The van der Waals surface area contributed by atoms with E-state index in [9.17, 15) is 0 Å². The summed E-state index contributed by atoms with van der Waals surface area (Å²) in [7, 11) is 0. The summed E-state index contributed by atoms with van der Waals surface area (Å²) in [6.45, 7) is 21.1. The van der Waals surface area contributed by atoms with Crippen LogP contribution >= 0.6 is 56.7 Å². The highest BCUT2D eigenvalue weighted by Gasteiger charge is 2.41. The van der Waals surface area contributed by atoms with Gasteiger partial charge in [0.15, 0.2) is 0 Å². The molecule has 0 fully saturated rings. The Kier molecular flexibility index (Phi) is 38.9. The molecule has 5 aromatic heterocycles. The van der Waals surface area contributed by atoms with E-state index in [0.29, 0.717) is 49.9 Å². The van der Waals surface area contributed by atoms with E-state index in [1.54, 1.807) is 56.7 Å². The van der Waals surface area contributed by atoms with E-state index in [-0.39, 0.29) is 23.6 Å². The molecule has 0 spiro atoms. The Labute approximate surface area is 727 Å².